The molecule has 0 saturated heterocycles. The summed E-state index contributed by atoms with van der Waals surface area (Å²) in [5.41, 5.74) is 0.428. The summed E-state index contributed by atoms with van der Waals surface area (Å²) in [7, 11) is 0. The molecule has 1 aromatic rings. The largest absolute Gasteiger partial charge is 0.481 e. The van der Waals surface area contributed by atoms with E-state index in [-0.39, 0.29) is 16.3 Å². The Morgan fingerprint density at radius 1 is 1.83 bits per heavy atom. The summed E-state index contributed by atoms with van der Waals surface area (Å²) in [6.45, 7) is 0. The SMILES string of the molecule is O=C(O)Cc1cnc(=S)[nH]c1Cl. The molecule has 0 aliphatic carbocycles. The van der Waals surface area contributed by atoms with Crippen molar-refractivity contribution in [1.29, 1.82) is 0 Å². The third kappa shape index (κ3) is 2.28. The third-order valence-corrected chi connectivity index (χ3v) is 1.72. The first-order chi connectivity index (χ1) is 5.59. The highest BCUT2D eigenvalue weighted by Crippen LogP contribution is 2.10. The standard InChI is InChI=1S/C6H5ClN2O2S/c7-5-3(1-4(10)11)2-8-6(12)9-5/h2H,1H2,(H,10,11)(H,8,9,12). The van der Waals surface area contributed by atoms with E-state index in [1.807, 2.05) is 0 Å². The summed E-state index contributed by atoms with van der Waals surface area (Å²) in [6.07, 6.45) is 1.20. The predicted octanol–water partition coefficient (Wildman–Crippen LogP) is 1.42. The van der Waals surface area contributed by atoms with Gasteiger partial charge in [0.2, 0.25) is 0 Å². The van der Waals surface area contributed by atoms with Crippen molar-refractivity contribution in [2.75, 3.05) is 0 Å². The minimum absolute atomic E-state index is 0.155. The van der Waals surface area contributed by atoms with Crippen molar-refractivity contribution in [3.05, 3.63) is 21.7 Å². The van der Waals surface area contributed by atoms with E-state index in [1.165, 1.54) is 6.20 Å². The van der Waals surface area contributed by atoms with Crippen LogP contribution in [-0.4, -0.2) is 21.0 Å². The first kappa shape index (κ1) is 9.15. The minimum atomic E-state index is -0.954. The summed E-state index contributed by atoms with van der Waals surface area (Å²) in [4.78, 5) is 16.5. The zero-order chi connectivity index (χ0) is 9.14. The van der Waals surface area contributed by atoms with E-state index in [2.05, 4.69) is 22.2 Å². The second-order valence-electron chi connectivity index (χ2n) is 2.10. The fourth-order valence-electron chi connectivity index (χ4n) is 0.686. The van der Waals surface area contributed by atoms with Gasteiger partial charge in [-0.05, 0) is 12.2 Å². The number of hydrogen-bond donors (Lipinski definition) is 2. The molecule has 0 saturated carbocycles. The summed E-state index contributed by atoms with van der Waals surface area (Å²) in [5.74, 6) is -0.954. The number of H-pyrrole nitrogens is 1. The van der Waals surface area contributed by atoms with E-state index < -0.39 is 5.97 Å². The van der Waals surface area contributed by atoms with Crippen LogP contribution in [0.1, 0.15) is 5.56 Å². The quantitative estimate of drug-likeness (QED) is 0.565. The van der Waals surface area contributed by atoms with Crippen LogP contribution in [0.3, 0.4) is 0 Å². The number of carbonyl (C=O) groups is 1. The van der Waals surface area contributed by atoms with E-state index in [0.29, 0.717) is 5.56 Å². The maximum atomic E-state index is 10.3. The molecule has 0 amide bonds. The van der Waals surface area contributed by atoms with E-state index in [9.17, 15) is 4.79 Å². The van der Waals surface area contributed by atoms with Crippen LogP contribution in [0.15, 0.2) is 6.20 Å². The van der Waals surface area contributed by atoms with Crippen LogP contribution in [0.2, 0.25) is 5.15 Å². The zero-order valence-electron chi connectivity index (χ0n) is 5.87. The van der Waals surface area contributed by atoms with Crippen LogP contribution in [0.25, 0.3) is 0 Å². The van der Waals surface area contributed by atoms with E-state index in [0.717, 1.165) is 0 Å². The highest BCUT2D eigenvalue weighted by Gasteiger charge is 2.05. The van der Waals surface area contributed by atoms with Gasteiger partial charge in [-0.15, -0.1) is 0 Å². The topological polar surface area (TPSA) is 66.0 Å². The Morgan fingerprint density at radius 2 is 2.50 bits per heavy atom. The number of rotatable bonds is 2. The first-order valence-electron chi connectivity index (χ1n) is 3.05. The number of hydrogen-bond acceptors (Lipinski definition) is 3. The maximum absolute atomic E-state index is 10.3. The Hall–Kier alpha value is -0.940. The molecule has 0 atom stereocenters. The van der Waals surface area contributed by atoms with Crippen molar-refractivity contribution in [3.8, 4) is 0 Å². The molecule has 0 aromatic carbocycles. The lowest BCUT2D eigenvalue weighted by atomic mass is 10.2. The average molecular weight is 205 g/mol. The van der Waals surface area contributed by atoms with Gasteiger partial charge in [-0.1, -0.05) is 11.6 Å². The second-order valence-corrected chi connectivity index (χ2v) is 2.86. The fourth-order valence-corrected chi connectivity index (χ4v) is 1.10. The van der Waals surface area contributed by atoms with Gasteiger partial charge in [-0.25, -0.2) is 4.98 Å². The number of nitrogens with zero attached hydrogens (tertiary/aromatic N) is 1. The van der Waals surface area contributed by atoms with Gasteiger partial charge in [0.05, 0.1) is 6.42 Å². The van der Waals surface area contributed by atoms with Gasteiger partial charge in [0, 0.05) is 11.8 Å². The van der Waals surface area contributed by atoms with E-state index in [1.54, 1.807) is 0 Å². The second kappa shape index (κ2) is 3.64. The van der Waals surface area contributed by atoms with Gasteiger partial charge < -0.3 is 10.1 Å². The molecule has 2 N–H and O–H groups in total. The van der Waals surface area contributed by atoms with Crippen molar-refractivity contribution in [1.82, 2.24) is 9.97 Å². The molecule has 0 fully saturated rings. The van der Waals surface area contributed by atoms with Gasteiger partial charge in [0.25, 0.3) is 0 Å². The Balaban J connectivity index is 3.01. The van der Waals surface area contributed by atoms with E-state index >= 15 is 0 Å². The lowest BCUT2D eigenvalue weighted by Crippen LogP contribution is -2.02. The number of carboxylic acid groups (broad SMARTS) is 1. The van der Waals surface area contributed by atoms with Crippen LogP contribution in [0.4, 0.5) is 0 Å². The van der Waals surface area contributed by atoms with Crippen LogP contribution in [0.5, 0.6) is 0 Å². The fraction of sp³-hybridized carbons (Fsp3) is 0.167. The van der Waals surface area contributed by atoms with Crippen molar-refractivity contribution >= 4 is 29.8 Å². The molecule has 1 rings (SSSR count). The van der Waals surface area contributed by atoms with Gasteiger partial charge in [-0.2, -0.15) is 0 Å². The number of aromatic nitrogens is 2. The molecular formula is C6H5ClN2O2S. The Labute approximate surface area is 78.2 Å². The molecule has 12 heavy (non-hydrogen) atoms. The molecule has 0 unspecified atom stereocenters. The van der Waals surface area contributed by atoms with Crippen molar-refractivity contribution in [2.45, 2.75) is 6.42 Å². The van der Waals surface area contributed by atoms with Crippen molar-refractivity contribution < 1.29 is 9.90 Å². The Bertz CT molecular complexity index is 363. The van der Waals surface area contributed by atoms with Gasteiger partial charge in [-0.3, -0.25) is 4.79 Å². The van der Waals surface area contributed by atoms with Crippen LogP contribution >= 0.6 is 23.8 Å². The predicted molar refractivity (Wildman–Crippen MR) is 45.8 cm³/mol. The lowest BCUT2D eigenvalue weighted by Gasteiger charge is -1.98. The minimum Gasteiger partial charge on any atom is -0.481 e. The molecule has 64 valence electrons. The molecule has 0 aliphatic rings. The summed E-state index contributed by atoms with van der Waals surface area (Å²) < 4.78 is 0.245. The highest BCUT2D eigenvalue weighted by molar-refractivity contribution is 7.71. The summed E-state index contributed by atoms with van der Waals surface area (Å²) >= 11 is 10.3. The van der Waals surface area contributed by atoms with Gasteiger partial charge in [0.1, 0.15) is 5.15 Å². The monoisotopic (exact) mass is 204 g/mol. The molecule has 4 nitrogen and oxygen atoms in total. The van der Waals surface area contributed by atoms with Crippen molar-refractivity contribution in [3.63, 3.8) is 0 Å². The van der Waals surface area contributed by atoms with Gasteiger partial charge >= 0.3 is 5.97 Å². The molecule has 0 spiro atoms. The van der Waals surface area contributed by atoms with Crippen LogP contribution < -0.4 is 0 Å². The summed E-state index contributed by atoms with van der Waals surface area (Å²) in [6, 6.07) is 0. The number of halogens is 1. The number of carboxylic acids is 1. The molecule has 0 aliphatic heterocycles. The molecular weight excluding hydrogens is 200 g/mol. The normalized spacial score (nSPS) is 9.75. The molecule has 1 heterocycles. The molecule has 0 bridgehead atoms. The van der Waals surface area contributed by atoms with Crippen LogP contribution in [0, 0.1) is 4.77 Å². The van der Waals surface area contributed by atoms with Crippen molar-refractivity contribution in [2.24, 2.45) is 0 Å². The lowest BCUT2D eigenvalue weighted by molar-refractivity contribution is -0.136. The molecule has 1 aromatic heterocycles. The number of aliphatic carboxylic acids is 1. The third-order valence-electron chi connectivity index (χ3n) is 1.18. The van der Waals surface area contributed by atoms with Gasteiger partial charge in [0.15, 0.2) is 4.77 Å². The number of aromatic amines is 1. The Kier molecular flexibility index (Phi) is 2.78. The molecule has 6 heteroatoms. The maximum Gasteiger partial charge on any atom is 0.307 e. The number of nitrogens with one attached hydrogen (secondary N) is 1. The average Bonchev–Trinajstić information content (AvgIpc) is 1.94. The Morgan fingerprint density at radius 3 is 3.00 bits per heavy atom. The van der Waals surface area contributed by atoms with E-state index in [4.69, 9.17) is 16.7 Å². The smallest absolute Gasteiger partial charge is 0.307 e. The zero-order valence-corrected chi connectivity index (χ0v) is 7.45. The first-order valence-corrected chi connectivity index (χ1v) is 3.83. The van der Waals surface area contributed by atoms with Crippen LogP contribution in [-0.2, 0) is 11.2 Å². The summed E-state index contributed by atoms with van der Waals surface area (Å²) in [5, 5.41) is 8.67. The molecule has 0 radical (unpaired) electrons. The highest BCUT2D eigenvalue weighted by atomic mass is 35.5.